The van der Waals surface area contributed by atoms with E-state index in [-0.39, 0.29) is 30.5 Å². The minimum atomic E-state index is -3.63. The van der Waals surface area contributed by atoms with Gasteiger partial charge in [0.25, 0.3) is 0 Å². The van der Waals surface area contributed by atoms with Crippen LogP contribution in [0.15, 0.2) is 24.3 Å². The molecule has 0 aliphatic carbocycles. The van der Waals surface area contributed by atoms with E-state index in [2.05, 4.69) is 5.32 Å². The topological polar surface area (TPSA) is 119 Å². The zero-order valence-electron chi connectivity index (χ0n) is 14.5. The predicted molar refractivity (Wildman–Crippen MR) is 94.7 cm³/mol. The van der Waals surface area contributed by atoms with Gasteiger partial charge in [0.15, 0.2) is 0 Å². The van der Waals surface area contributed by atoms with E-state index in [4.69, 9.17) is 9.88 Å². The highest BCUT2D eigenvalue weighted by molar-refractivity contribution is 7.89. The smallest absolute Gasteiger partial charge is 0.412 e. The van der Waals surface area contributed by atoms with Crippen LogP contribution in [0.25, 0.3) is 0 Å². The molecule has 0 saturated carbocycles. The third kappa shape index (κ3) is 6.02. The van der Waals surface area contributed by atoms with Crippen LogP contribution >= 0.6 is 0 Å². The fourth-order valence-electron chi connectivity index (χ4n) is 2.64. The van der Waals surface area contributed by atoms with Crippen LogP contribution in [0, 0.1) is 5.92 Å². The molecule has 0 aromatic heterocycles. The van der Waals surface area contributed by atoms with E-state index in [1.165, 1.54) is 4.90 Å². The molecule has 8 nitrogen and oxygen atoms in total. The molecule has 1 unspecified atom stereocenters. The van der Waals surface area contributed by atoms with Crippen molar-refractivity contribution in [2.24, 2.45) is 11.1 Å². The van der Waals surface area contributed by atoms with Gasteiger partial charge < -0.3 is 9.64 Å². The summed E-state index contributed by atoms with van der Waals surface area (Å²) in [6.45, 7) is 5.55. The molecule has 1 heterocycles. The van der Waals surface area contributed by atoms with E-state index in [9.17, 15) is 18.0 Å². The highest BCUT2D eigenvalue weighted by Gasteiger charge is 2.32. The molecule has 1 saturated heterocycles. The molecule has 138 valence electrons. The maximum atomic E-state index is 12.2. The highest BCUT2D eigenvalue weighted by Crippen LogP contribution is 2.27. The van der Waals surface area contributed by atoms with Gasteiger partial charge in [-0.2, -0.15) is 0 Å². The van der Waals surface area contributed by atoms with Crippen molar-refractivity contribution < 1.29 is 22.7 Å². The number of primary sulfonamides is 1. The number of sulfonamides is 1. The lowest BCUT2D eigenvalue weighted by molar-refractivity contribution is -0.117. The van der Waals surface area contributed by atoms with Crippen molar-refractivity contribution in [2.45, 2.75) is 32.8 Å². The SMILES string of the molecule is CC(C)(C)OC(=O)Nc1cccc(N2CC(CS(N)(=O)=O)CC2=O)c1. The standard InChI is InChI=1S/C16H23N3O5S/c1-16(2,3)24-15(21)18-12-5-4-6-13(8-12)19-9-11(7-14(19)20)10-25(17,22)23/h4-6,8,11H,7,9-10H2,1-3H3,(H,18,21)(H2,17,22,23). The summed E-state index contributed by atoms with van der Waals surface area (Å²) in [5, 5.41) is 7.67. The Kier molecular flexibility index (Phi) is 5.38. The van der Waals surface area contributed by atoms with Crippen molar-refractivity contribution in [3.63, 3.8) is 0 Å². The van der Waals surface area contributed by atoms with Crippen molar-refractivity contribution >= 4 is 33.4 Å². The van der Waals surface area contributed by atoms with Gasteiger partial charge in [-0.05, 0) is 39.0 Å². The Bertz CT molecular complexity index is 770. The lowest BCUT2D eigenvalue weighted by Gasteiger charge is -2.21. The quantitative estimate of drug-likeness (QED) is 0.837. The Morgan fingerprint density at radius 2 is 2.08 bits per heavy atom. The number of benzene rings is 1. The number of carbonyl (C=O) groups is 2. The molecule has 0 radical (unpaired) electrons. The molecule has 1 atom stereocenters. The highest BCUT2D eigenvalue weighted by atomic mass is 32.2. The molecule has 9 heteroatoms. The first-order valence-electron chi connectivity index (χ1n) is 7.84. The maximum Gasteiger partial charge on any atom is 0.412 e. The van der Waals surface area contributed by atoms with Crippen molar-refractivity contribution in [1.82, 2.24) is 0 Å². The lowest BCUT2D eigenvalue weighted by atomic mass is 10.1. The maximum absolute atomic E-state index is 12.2. The minimum Gasteiger partial charge on any atom is -0.444 e. The van der Waals surface area contributed by atoms with Gasteiger partial charge in [0, 0.05) is 30.3 Å². The van der Waals surface area contributed by atoms with E-state index < -0.39 is 21.7 Å². The van der Waals surface area contributed by atoms with Gasteiger partial charge in [0.2, 0.25) is 15.9 Å². The molecule has 1 aliphatic heterocycles. The molecular weight excluding hydrogens is 346 g/mol. The zero-order valence-corrected chi connectivity index (χ0v) is 15.3. The second kappa shape index (κ2) is 7.01. The van der Waals surface area contributed by atoms with Crippen molar-refractivity contribution in [1.29, 1.82) is 0 Å². The zero-order chi connectivity index (χ0) is 18.8. The van der Waals surface area contributed by atoms with E-state index >= 15 is 0 Å². The van der Waals surface area contributed by atoms with Gasteiger partial charge >= 0.3 is 6.09 Å². The summed E-state index contributed by atoms with van der Waals surface area (Å²) < 4.78 is 27.6. The van der Waals surface area contributed by atoms with E-state index in [1.807, 2.05) is 0 Å². The molecule has 0 spiro atoms. The van der Waals surface area contributed by atoms with Gasteiger partial charge in [-0.25, -0.2) is 18.4 Å². The molecule has 1 aromatic carbocycles. The monoisotopic (exact) mass is 369 g/mol. The summed E-state index contributed by atoms with van der Waals surface area (Å²) in [5.41, 5.74) is 0.443. The lowest BCUT2D eigenvalue weighted by Crippen LogP contribution is -2.28. The predicted octanol–water partition coefficient (Wildman–Crippen LogP) is 1.67. The molecule has 1 fully saturated rings. The number of hydrogen-bond acceptors (Lipinski definition) is 5. The number of ether oxygens (including phenoxy) is 1. The Morgan fingerprint density at radius 1 is 1.40 bits per heavy atom. The third-order valence-electron chi connectivity index (χ3n) is 3.48. The van der Waals surface area contributed by atoms with Crippen LogP contribution in [0.3, 0.4) is 0 Å². The number of anilines is 2. The van der Waals surface area contributed by atoms with Crippen molar-refractivity contribution in [3.8, 4) is 0 Å². The summed E-state index contributed by atoms with van der Waals surface area (Å²) >= 11 is 0. The Hall–Kier alpha value is -2.13. The number of rotatable bonds is 4. The second-order valence-electron chi connectivity index (χ2n) is 7.08. The van der Waals surface area contributed by atoms with Crippen molar-refractivity contribution in [3.05, 3.63) is 24.3 Å². The summed E-state index contributed by atoms with van der Waals surface area (Å²) in [6, 6.07) is 6.73. The molecule has 3 N–H and O–H groups in total. The second-order valence-corrected chi connectivity index (χ2v) is 8.74. The first-order valence-corrected chi connectivity index (χ1v) is 9.55. The normalized spacial score (nSPS) is 18.3. The summed E-state index contributed by atoms with van der Waals surface area (Å²) in [7, 11) is -3.63. The molecule has 0 bridgehead atoms. The summed E-state index contributed by atoms with van der Waals surface area (Å²) in [5.74, 6) is -0.751. The van der Waals surface area contributed by atoms with Crippen LogP contribution in [-0.4, -0.2) is 38.3 Å². The van der Waals surface area contributed by atoms with Gasteiger partial charge in [-0.15, -0.1) is 0 Å². The average molecular weight is 369 g/mol. The minimum absolute atomic E-state index is 0.125. The Balaban J connectivity index is 2.08. The van der Waals surface area contributed by atoms with Crippen LogP contribution in [-0.2, 0) is 19.6 Å². The fourth-order valence-corrected chi connectivity index (χ4v) is 3.52. The Morgan fingerprint density at radius 3 is 2.68 bits per heavy atom. The van der Waals surface area contributed by atoms with E-state index in [0.717, 1.165) is 0 Å². The molecular formula is C16H23N3O5S. The number of hydrogen-bond donors (Lipinski definition) is 2. The summed E-state index contributed by atoms with van der Waals surface area (Å²) in [4.78, 5) is 25.5. The first kappa shape index (κ1) is 19.2. The number of carbonyl (C=O) groups excluding carboxylic acids is 2. The largest absolute Gasteiger partial charge is 0.444 e. The van der Waals surface area contributed by atoms with Gasteiger partial charge in [-0.3, -0.25) is 10.1 Å². The van der Waals surface area contributed by atoms with E-state index in [0.29, 0.717) is 11.4 Å². The van der Waals surface area contributed by atoms with Crippen LogP contribution in [0.1, 0.15) is 27.2 Å². The third-order valence-corrected chi connectivity index (χ3v) is 4.41. The van der Waals surface area contributed by atoms with E-state index in [1.54, 1.807) is 45.0 Å². The van der Waals surface area contributed by atoms with Gasteiger partial charge in [-0.1, -0.05) is 6.07 Å². The van der Waals surface area contributed by atoms with Crippen LogP contribution in [0.5, 0.6) is 0 Å². The number of nitrogens with zero attached hydrogens (tertiary/aromatic N) is 1. The van der Waals surface area contributed by atoms with Crippen LogP contribution in [0.4, 0.5) is 16.2 Å². The first-order chi connectivity index (χ1) is 11.4. The van der Waals surface area contributed by atoms with Crippen molar-refractivity contribution in [2.75, 3.05) is 22.5 Å². The van der Waals surface area contributed by atoms with Crippen LogP contribution < -0.4 is 15.4 Å². The van der Waals surface area contributed by atoms with Gasteiger partial charge in [0.1, 0.15) is 5.60 Å². The Labute approximate surface area is 147 Å². The molecule has 2 rings (SSSR count). The fraction of sp³-hybridized carbons (Fsp3) is 0.500. The summed E-state index contributed by atoms with van der Waals surface area (Å²) in [6.07, 6.45) is -0.468. The average Bonchev–Trinajstić information content (AvgIpc) is 2.75. The molecule has 2 amide bonds. The van der Waals surface area contributed by atoms with Crippen LogP contribution in [0.2, 0.25) is 0 Å². The number of amides is 2. The molecule has 25 heavy (non-hydrogen) atoms. The molecule has 1 aliphatic rings. The number of nitrogens with one attached hydrogen (secondary N) is 1. The van der Waals surface area contributed by atoms with Gasteiger partial charge in [0.05, 0.1) is 5.75 Å². The number of nitrogens with two attached hydrogens (primary N) is 1. The molecule has 1 aromatic rings.